The highest BCUT2D eigenvalue weighted by Gasteiger charge is 2.35. The molecule has 0 bridgehead atoms. The Bertz CT molecular complexity index is 519. The van der Waals surface area contributed by atoms with Crippen LogP contribution in [0.5, 0.6) is 0 Å². The molecule has 0 spiro atoms. The molecule has 0 N–H and O–H groups in total. The first kappa shape index (κ1) is 10.3. The van der Waals surface area contributed by atoms with Gasteiger partial charge in [-0.15, -0.1) is 0 Å². The molecule has 0 saturated carbocycles. The van der Waals surface area contributed by atoms with Crippen molar-refractivity contribution in [3.05, 3.63) is 35.1 Å². The minimum Gasteiger partial charge on any atom is -0.273 e. The lowest BCUT2D eigenvalue weighted by atomic mass is 10.1. The van der Waals surface area contributed by atoms with Crippen molar-refractivity contribution in [1.82, 2.24) is 4.90 Å². The van der Waals surface area contributed by atoms with Gasteiger partial charge in [-0.2, -0.15) is 5.26 Å². The summed E-state index contributed by atoms with van der Waals surface area (Å²) in [5.41, 5.74) is 0.271. The highest BCUT2D eigenvalue weighted by molar-refractivity contribution is 6.21. The van der Waals surface area contributed by atoms with Crippen molar-refractivity contribution < 1.29 is 14.0 Å². The van der Waals surface area contributed by atoms with Crippen LogP contribution in [-0.2, 0) is 0 Å². The fraction of sp³-hybridized carbons (Fsp3) is 0.182. The molecule has 1 aromatic rings. The summed E-state index contributed by atoms with van der Waals surface area (Å²) in [6.45, 7) is 0.0461. The molecule has 0 saturated heterocycles. The van der Waals surface area contributed by atoms with E-state index < -0.39 is 17.6 Å². The van der Waals surface area contributed by atoms with Crippen molar-refractivity contribution in [3.63, 3.8) is 0 Å². The van der Waals surface area contributed by atoms with Gasteiger partial charge >= 0.3 is 0 Å². The van der Waals surface area contributed by atoms with Gasteiger partial charge < -0.3 is 0 Å². The Kier molecular flexibility index (Phi) is 2.41. The van der Waals surface area contributed by atoms with E-state index in [0.717, 1.165) is 17.0 Å². The molecule has 1 aliphatic rings. The molecule has 1 heterocycles. The van der Waals surface area contributed by atoms with Crippen molar-refractivity contribution in [2.24, 2.45) is 0 Å². The fourth-order valence-corrected chi connectivity index (χ4v) is 1.63. The summed E-state index contributed by atoms with van der Waals surface area (Å²) in [4.78, 5) is 24.4. The second kappa shape index (κ2) is 3.74. The van der Waals surface area contributed by atoms with Crippen LogP contribution in [-0.4, -0.2) is 23.3 Å². The Hall–Kier alpha value is -2.22. The number of nitriles is 1. The number of carbonyl (C=O) groups excluding carboxylic acids is 2. The van der Waals surface area contributed by atoms with Crippen molar-refractivity contribution in [3.8, 4) is 6.07 Å². The Morgan fingerprint density at radius 1 is 1.25 bits per heavy atom. The van der Waals surface area contributed by atoms with Gasteiger partial charge in [0.1, 0.15) is 5.82 Å². The molecule has 5 heteroatoms. The number of amides is 2. The van der Waals surface area contributed by atoms with E-state index in [1.54, 1.807) is 0 Å². The molecule has 4 nitrogen and oxygen atoms in total. The van der Waals surface area contributed by atoms with Gasteiger partial charge in [0, 0.05) is 6.54 Å². The number of imide groups is 1. The maximum Gasteiger partial charge on any atom is 0.261 e. The quantitative estimate of drug-likeness (QED) is 0.703. The third-order valence-corrected chi connectivity index (χ3v) is 2.38. The van der Waals surface area contributed by atoms with E-state index in [1.807, 2.05) is 6.07 Å². The predicted molar refractivity (Wildman–Crippen MR) is 52.0 cm³/mol. The van der Waals surface area contributed by atoms with E-state index in [4.69, 9.17) is 5.26 Å². The average molecular weight is 218 g/mol. The first-order valence-electron chi connectivity index (χ1n) is 4.68. The Morgan fingerprint density at radius 2 is 1.94 bits per heavy atom. The van der Waals surface area contributed by atoms with Gasteiger partial charge in [-0.3, -0.25) is 14.5 Å². The van der Waals surface area contributed by atoms with Gasteiger partial charge in [0.2, 0.25) is 0 Å². The zero-order valence-corrected chi connectivity index (χ0v) is 8.24. The second-order valence-electron chi connectivity index (χ2n) is 3.36. The summed E-state index contributed by atoms with van der Waals surface area (Å²) in [6.07, 6.45) is 0.0773. The monoisotopic (exact) mass is 218 g/mol. The van der Waals surface area contributed by atoms with Crippen LogP contribution >= 0.6 is 0 Å². The molecular weight excluding hydrogens is 211 g/mol. The van der Waals surface area contributed by atoms with E-state index in [0.29, 0.717) is 0 Å². The summed E-state index contributed by atoms with van der Waals surface area (Å²) in [5, 5.41) is 8.40. The number of hydrogen-bond acceptors (Lipinski definition) is 3. The van der Waals surface area contributed by atoms with Crippen molar-refractivity contribution in [1.29, 1.82) is 5.26 Å². The first-order valence-corrected chi connectivity index (χ1v) is 4.68. The minimum absolute atomic E-state index is 0.0461. The maximum absolute atomic E-state index is 12.9. The van der Waals surface area contributed by atoms with Gasteiger partial charge in [-0.05, 0) is 18.2 Å². The van der Waals surface area contributed by atoms with E-state index in [-0.39, 0.29) is 24.1 Å². The van der Waals surface area contributed by atoms with Crippen molar-refractivity contribution in [2.75, 3.05) is 6.54 Å². The van der Waals surface area contributed by atoms with Crippen LogP contribution in [0.15, 0.2) is 18.2 Å². The van der Waals surface area contributed by atoms with E-state index in [1.165, 1.54) is 6.07 Å². The molecule has 0 aliphatic carbocycles. The van der Waals surface area contributed by atoms with Crippen molar-refractivity contribution >= 4 is 11.8 Å². The largest absolute Gasteiger partial charge is 0.273 e. The minimum atomic E-state index is -0.554. The predicted octanol–water partition coefficient (Wildman–Crippen LogP) is 1.34. The molecule has 1 aromatic carbocycles. The summed E-state index contributed by atoms with van der Waals surface area (Å²) in [5.74, 6) is -1.55. The van der Waals surface area contributed by atoms with Gasteiger partial charge in [-0.1, -0.05) is 0 Å². The van der Waals surface area contributed by atoms with Crippen LogP contribution in [0.3, 0.4) is 0 Å². The molecule has 0 aromatic heterocycles. The topological polar surface area (TPSA) is 61.2 Å². The number of fused-ring (bicyclic) bond motifs is 1. The van der Waals surface area contributed by atoms with E-state index in [9.17, 15) is 14.0 Å². The molecule has 80 valence electrons. The highest BCUT2D eigenvalue weighted by Crippen LogP contribution is 2.23. The second-order valence-corrected chi connectivity index (χ2v) is 3.36. The number of benzene rings is 1. The van der Waals surface area contributed by atoms with Crippen LogP contribution in [0.2, 0.25) is 0 Å². The molecule has 0 unspecified atom stereocenters. The highest BCUT2D eigenvalue weighted by atomic mass is 19.1. The third kappa shape index (κ3) is 1.44. The van der Waals surface area contributed by atoms with Crippen LogP contribution in [0, 0.1) is 17.1 Å². The van der Waals surface area contributed by atoms with Gasteiger partial charge in [-0.25, -0.2) is 4.39 Å². The van der Waals surface area contributed by atoms with E-state index in [2.05, 4.69) is 0 Å². The Balaban J connectivity index is 2.37. The van der Waals surface area contributed by atoms with Crippen LogP contribution < -0.4 is 0 Å². The molecule has 1 aliphatic heterocycles. The summed E-state index contributed by atoms with van der Waals surface area (Å²) in [6, 6.07) is 5.32. The fourth-order valence-electron chi connectivity index (χ4n) is 1.63. The zero-order chi connectivity index (χ0) is 11.7. The molecular formula is C11H7FN2O2. The number of hydrogen-bond donors (Lipinski definition) is 0. The molecule has 0 radical (unpaired) electrons. The molecule has 16 heavy (non-hydrogen) atoms. The smallest absolute Gasteiger partial charge is 0.261 e. The van der Waals surface area contributed by atoms with Gasteiger partial charge in [0.25, 0.3) is 11.8 Å². The number of rotatable bonds is 2. The molecule has 0 fully saturated rings. The Labute approximate surface area is 90.9 Å². The number of nitrogens with zero attached hydrogens (tertiary/aromatic N) is 2. The average Bonchev–Trinajstić information content (AvgIpc) is 2.50. The summed E-state index contributed by atoms with van der Waals surface area (Å²) < 4.78 is 12.9. The molecule has 0 atom stereocenters. The number of carbonyl (C=O) groups is 2. The maximum atomic E-state index is 12.9. The lowest BCUT2D eigenvalue weighted by molar-refractivity contribution is 0.0657. The summed E-state index contributed by atoms with van der Waals surface area (Å²) in [7, 11) is 0. The third-order valence-electron chi connectivity index (χ3n) is 2.38. The van der Waals surface area contributed by atoms with Crippen LogP contribution in [0.25, 0.3) is 0 Å². The van der Waals surface area contributed by atoms with Crippen LogP contribution in [0.4, 0.5) is 4.39 Å². The standard InChI is InChI=1S/C11H7FN2O2/c12-7-2-3-8-9(6-7)11(16)14(10(8)15)5-1-4-13/h2-3,6H,1,5H2. The normalized spacial score (nSPS) is 13.9. The number of halogens is 1. The van der Waals surface area contributed by atoms with Gasteiger partial charge in [0.15, 0.2) is 0 Å². The first-order chi connectivity index (χ1) is 7.65. The lowest BCUT2D eigenvalue weighted by Crippen LogP contribution is -2.30. The van der Waals surface area contributed by atoms with E-state index >= 15 is 0 Å². The molecule has 2 amide bonds. The molecule has 2 rings (SSSR count). The lowest BCUT2D eigenvalue weighted by Gasteiger charge is -2.10. The zero-order valence-electron chi connectivity index (χ0n) is 8.24. The van der Waals surface area contributed by atoms with Crippen molar-refractivity contribution in [2.45, 2.75) is 6.42 Å². The van der Waals surface area contributed by atoms with Gasteiger partial charge in [0.05, 0.1) is 23.6 Å². The summed E-state index contributed by atoms with van der Waals surface area (Å²) >= 11 is 0. The Morgan fingerprint density at radius 3 is 2.62 bits per heavy atom. The SMILES string of the molecule is N#CCCN1C(=O)c2ccc(F)cc2C1=O. The van der Waals surface area contributed by atoms with Crippen LogP contribution in [0.1, 0.15) is 27.1 Å².